The number of rotatable bonds is 2. The van der Waals surface area contributed by atoms with Crippen molar-refractivity contribution < 1.29 is 9.32 Å². The number of hydrogen-bond acceptors (Lipinski definition) is 3. The molecule has 0 spiro atoms. The zero-order valence-corrected chi connectivity index (χ0v) is 6.55. The Hall–Kier alpha value is -1.32. The molecule has 0 saturated carbocycles. The molecule has 0 aliphatic carbocycles. The van der Waals surface area contributed by atoms with Crippen molar-refractivity contribution in [1.29, 1.82) is 0 Å². The summed E-state index contributed by atoms with van der Waals surface area (Å²) in [6.07, 6.45) is 0.286. The molecule has 0 bridgehead atoms. The highest BCUT2D eigenvalue weighted by Gasteiger charge is 2.04. The number of nitrogens with one attached hydrogen (secondary N) is 1. The van der Waals surface area contributed by atoms with Crippen LogP contribution in [0.5, 0.6) is 0 Å². The molecule has 0 fully saturated rings. The predicted molar refractivity (Wildman–Crippen MR) is 39.0 cm³/mol. The summed E-state index contributed by atoms with van der Waals surface area (Å²) in [4.78, 5) is 10.8. The lowest BCUT2D eigenvalue weighted by atomic mass is 10.3. The van der Waals surface area contributed by atoms with E-state index in [1.807, 2.05) is 0 Å². The summed E-state index contributed by atoms with van der Waals surface area (Å²) in [5.74, 6) is 0.669. The van der Waals surface area contributed by atoms with E-state index in [0.29, 0.717) is 5.69 Å². The maximum atomic E-state index is 10.8. The Kier molecular flexibility index (Phi) is 2.25. The molecule has 0 atom stereocenters. The van der Waals surface area contributed by atoms with Crippen LogP contribution < -0.4 is 5.32 Å². The summed E-state index contributed by atoms with van der Waals surface area (Å²) in [6.45, 7) is 1.79. The van der Waals surface area contributed by atoms with Crippen LogP contribution in [-0.2, 0) is 11.2 Å². The summed E-state index contributed by atoms with van der Waals surface area (Å²) in [5, 5.41) is 6.17. The Labute approximate surface area is 64.6 Å². The number of likely N-dealkylation sites (N-methyl/N-ethyl adjacent to an activating group) is 1. The van der Waals surface area contributed by atoms with E-state index in [-0.39, 0.29) is 12.3 Å². The van der Waals surface area contributed by atoms with Crippen LogP contribution >= 0.6 is 0 Å². The first kappa shape index (κ1) is 7.78. The topological polar surface area (TPSA) is 55.1 Å². The number of nitrogens with zero attached hydrogens (tertiary/aromatic N) is 1. The van der Waals surface area contributed by atoms with Crippen LogP contribution in [0.1, 0.15) is 11.5 Å². The van der Waals surface area contributed by atoms with Crippen molar-refractivity contribution >= 4 is 5.91 Å². The Balaban J connectivity index is 2.57. The molecule has 1 aromatic heterocycles. The second-order valence-electron chi connectivity index (χ2n) is 2.28. The first-order valence-corrected chi connectivity index (χ1v) is 3.35. The van der Waals surface area contributed by atoms with E-state index < -0.39 is 0 Å². The van der Waals surface area contributed by atoms with Gasteiger partial charge in [0.25, 0.3) is 0 Å². The maximum absolute atomic E-state index is 10.8. The van der Waals surface area contributed by atoms with Crippen LogP contribution in [0.3, 0.4) is 0 Å². The van der Waals surface area contributed by atoms with Gasteiger partial charge in [0, 0.05) is 13.1 Å². The summed E-state index contributed by atoms with van der Waals surface area (Å²) in [5.41, 5.74) is 0.668. The van der Waals surface area contributed by atoms with Crippen LogP contribution in [0.2, 0.25) is 0 Å². The van der Waals surface area contributed by atoms with Gasteiger partial charge in [0.15, 0.2) is 0 Å². The number of aromatic nitrogens is 1. The molecule has 1 heterocycles. The predicted octanol–water partition coefficient (Wildman–Crippen LogP) is 0.272. The summed E-state index contributed by atoms with van der Waals surface area (Å²) in [6, 6.07) is 1.75. The van der Waals surface area contributed by atoms with Crippen molar-refractivity contribution in [3.8, 4) is 0 Å². The lowest BCUT2D eigenvalue weighted by molar-refractivity contribution is -0.120. The maximum Gasteiger partial charge on any atom is 0.225 e. The summed E-state index contributed by atoms with van der Waals surface area (Å²) in [7, 11) is 1.59. The van der Waals surface area contributed by atoms with Crippen molar-refractivity contribution in [3.63, 3.8) is 0 Å². The zero-order chi connectivity index (χ0) is 8.27. The SMILES string of the molecule is CNC(=O)Cc1cc(C)on1. The van der Waals surface area contributed by atoms with Crippen LogP contribution in [0.15, 0.2) is 10.6 Å². The van der Waals surface area contributed by atoms with Crippen molar-refractivity contribution in [3.05, 3.63) is 17.5 Å². The van der Waals surface area contributed by atoms with E-state index in [1.165, 1.54) is 0 Å². The molecule has 0 radical (unpaired) electrons. The normalized spacial score (nSPS) is 9.64. The Morgan fingerprint density at radius 2 is 2.55 bits per heavy atom. The first-order valence-electron chi connectivity index (χ1n) is 3.35. The summed E-state index contributed by atoms with van der Waals surface area (Å²) < 4.78 is 4.78. The highest BCUT2D eigenvalue weighted by atomic mass is 16.5. The van der Waals surface area contributed by atoms with Crippen molar-refractivity contribution in [2.24, 2.45) is 0 Å². The summed E-state index contributed by atoms with van der Waals surface area (Å²) >= 11 is 0. The molecule has 4 heteroatoms. The molecular formula is C7H10N2O2. The average molecular weight is 154 g/mol. The van der Waals surface area contributed by atoms with Gasteiger partial charge in [-0.3, -0.25) is 4.79 Å². The van der Waals surface area contributed by atoms with Gasteiger partial charge >= 0.3 is 0 Å². The number of carbonyl (C=O) groups is 1. The number of hydrogen-bond donors (Lipinski definition) is 1. The van der Waals surface area contributed by atoms with Crippen molar-refractivity contribution in [2.75, 3.05) is 7.05 Å². The van der Waals surface area contributed by atoms with E-state index >= 15 is 0 Å². The Morgan fingerprint density at radius 1 is 1.82 bits per heavy atom. The van der Waals surface area contributed by atoms with Crippen molar-refractivity contribution in [2.45, 2.75) is 13.3 Å². The van der Waals surface area contributed by atoms with Gasteiger partial charge in [-0.1, -0.05) is 5.16 Å². The average Bonchev–Trinajstić information content (AvgIpc) is 2.35. The van der Waals surface area contributed by atoms with Gasteiger partial charge in [0.1, 0.15) is 5.76 Å². The fourth-order valence-corrected chi connectivity index (χ4v) is 0.754. The minimum atomic E-state index is -0.0571. The monoisotopic (exact) mass is 154 g/mol. The molecule has 0 aromatic carbocycles. The molecule has 1 aromatic rings. The lowest BCUT2D eigenvalue weighted by Crippen LogP contribution is -2.19. The molecule has 0 unspecified atom stereocenters. The van der Waals surface area contributed by atoms with Gasteiger partial charge in [-0.15, -0.1) is 0 Å². The second-order valence-corrected chi connectivity index (χ2v) is 2.28. The van der Waals surface area contributed by atoms with E-state index in [0.717, 1.165) is 5.76 Å². The number of aryl methyl sites for hydroxylation is 1. The molecule has 4 nitrogen and oxygen atoms in total. The standard InChI is InChI=1S/C7H10N2O2/c1-5-3-6(9-11-5)4-7(10)8-2/h3H,4H2,1-2H3,(H,8,10). The zero-order valence-electron chi connectivity index (χ0n) is 6.55. The van der Waals surface area contributed by atoms with Gasteiger partial charge in [-0.25, -0.2) is 0 Å². The van der Waals surface area contributed by atoms with Crippen molar-refractivity contribution in [1.82, 2.24) is 10.5 Å². The molecule has 0 saturated heterocycles. The molecular weight excluding hydrogens is 144 g/mol. The fraction of sp³-hybridized carbons (Fsp3) is 0.429. The van der Waals surface area contributed by atoms with E-state index in [9.17, 15) is 4.79 Å². The third-order valence-electron chi connectivity index (χ3n) is 1.30. The van der Waals surface area contributed by atoms with E-state index in [2.05, 4.69) is 10.5 Å². The second kappa shape index (κ2) is 3.18. The molecule has 11 heavy (non-hydrogen) atoms. The van der Waals surface area contributed by atoms with Gasteiger partial charge in [0.2, 0.25) is 5.91 Å². The van der Waals surface area contributed by atoms with Gasteiger partial charge in [-0.05, 0) is 6.92 Å². The van der Waals surface area contributed by atoms with Crippen LogP contribution in [0.25, 0.3) is 0 Å². The number of carbonyl (C=O) groups excluding carboxylic acids is 1. The van der Waals surface area contributed by atoms with Crippen LogP contribution in [0.4, 0.5) is 0 Å². The van der Waals surface area contributed by atoms with Gasteiger partial charge in [0.05, 0.1) is 12.1 Å². The molecule has 60 valence electrons. The van der Waals surface area contributed by atoms with E-state index in [1.54, 1.807) is 20.0 Å². The Morgan fingerprint density at radius 3 is 3.00 bits per heavy atom. The van der Waals surface area contributed by atoms with Crippen LogP contribution in [0, 0.1) is 6.92 Å². The largest absolute Gasteiger partial charge is 0.361 e. The Bertz CT molecular complexity index is 255. The van der Waals surface area contributed by atoms with E-state index in [4.69, 9.17) is 4.52 Å². The third kappa shape index (κ3) is 2.07. The highest BCUT2D eigenvalue weighted by Crippen LogP contribution is 2.01. The van der Waals surface area contributed by atoms with Gasteiger partial charge in [-0.2, -0.15) is 0 Å². The minimum absolute atomic E-state index is 0.0571. The molecule has 1 rings (SSSR count). The minimum Gasteiger partial charge on any atom is -0.361 e. The molecule has 0 aliphatic rings. The smallest absolute Gasteiger partial charge is 0.225 e. The molecule has 0 aliphatic heterocycles. The fourth-order valence-electron chi connectivity index (χ4n) is 0.754. The number of amides is 1. The lowest BCUT2D eigenvalue weighted by Gasteiger charge is -1.92. The molecule has 1 N–H and O–H groups in total. The molecule has 1 amide bonds. The quantitative estimate of drug-likeness (QED) is 0.665. The third-order valence-corrected chi connectivity index (χ3v) is 1.30. The highest BCUT2D eigenvalue weighted by molar-refractivity contribution is 5.77. The van der Waals surface area contributed by atoms with Crippen LogP contribution in [-0.4, -0.2) is 18.1 Å². The van der Waals surface area contributed by atoms with Gasteiger partial charge < -0.3 is 9.84 Å². The first-order chi connectivity index (χ1) is 5.22.